The highest BCUT2D eigenvalue weighted by molar-refractivity contribution is 6.34. The van der Waals surface area contributed by atoms with Crippen LogP contribution in [0.1, 0.15) is 19.4 Å². The summed E-state index contributed by atoms with van der Waals surface area (Å²) in [7, 11) is 0. The molecule has 0 aliphatic heterocycles. The summed E-state index contributed by atoms with van der Waals surface area (Å²) in [5.41, 5.74) is 0.989. The van der Waals surface area contributed by atoms with E-state index in [0.717, 1.165) is 12.1 Å². The first-order chi connectivity index (χ1) is 9.54. The van der Waals surface area contributed by atoms with Crippen molar-refractivity contribution in [3.05, 3.63) is 46.2 Å². The Hall–Kier alpha value is -1.36. The lowest BCUT2D eigenvalue weighted by atomic mass is 10.3. The van der Waals surface area contributed by atoms with Crippen molar-refractivity contribution in [3.8, 4) is 11.8 Å². The summed E-state index contributed by atoms with van der Waals surface area (Å²) >= 11 is 11.9. The maximum atomic E-state index is 6.01. The fourth-order valence-electron chi connectivity index (χ4n) is 1.46. The van der Waals surface area contributed by atoms with Gasteiger partial charge in [0.1, 0.15) is 0 Å². The molecule has 1 aromatic carbocycles. The van der Waals surface area contributed by atoms with Gasteiger partial charge < -0.3 is 10.1 Å². The lowest BCUT2D eigenvalue weighted by molar-refractivity contribution is 0.440. The number of benzene rings is 1. The van der Waals surface area contributed by atoms with Gasteiger partial charge in [0.15, 0.2) is 5.75 Å². The van der Waals surface area contributed by atoms with E-state index in [4.69, 9.17) is 27.9 Å². The highest BCUT2D eigenvalue weighted by atomic mass is 35.5. The fraction of sp³-hybridized carbons (Fsp3) is 0.286. The van der Waals surface area contributed by atoms with Crippen molar-refractivity contribution in [1.29, 1.82) is 0 Å². The van der Waals surface area contributed by atoms with Gasteiger partial charge in [-0.3, -0.25) is 0 Å². The maximum absolute atomic E-state index is 6.01. The minimum Gasteiger partial charge on any atom is -0.423 e. The van der Waals surface area contributed by atoms with Gasteiger partial charge in [0.25, 0.3) is 0 Å². The van der Waals surface area contributed by atoms with Crippen molar-refractivity contribution in [2.24, 2.45) is 0 Å². The van der Waals surface area contributed by atoms with E-state index in [2.05, 4.69) is 29.1 Å². The van der Waals surface area contributed by atoms with Crippen LogP contribution in [-0.4, -0.2) is 16.0 Å². The smallest absolute Gasteiger partial charge is 0.321 e. The Kier molecular flexibility index (Phi) is 5.17. The SMILES string of the molecule is CC(C)NCc1cnc(Oc2cc(Cl)ccc2Cl)nc1. The molecule has 2 aromatic rings. The minimum atomic E-state index is 0.238. The molecule has 0 atom stereocenters. The Morgan fingerprint density at radius 3 is 2.55 bits per heavy atom. The second kappa shape index (κ2) is 6.88. The second-order valence-corrected chi connectivity index (χ2v) is 5.43. The van der Waals surface area contributed by atoms with E-state index in [1.54, 1.807) is 30.6 Å². The normalized spacial score (nSPS) is 10.8. The number of aromatic nitrogens is 2. The summed E-state index contributed by atoms with van der Waals surface area (Å²) < 4.78 is 5.51. The third-order valence-electron chi connectivity index (χ3n) is 2.49. The first-order valence-corrected chi connectivity index (χ1v) is 6.97. The molecule has 20 heavy (non-hydrogen) atoms. The average molecular weight is 312 g/mol. The van der Waals surface area contributed by atoms with E-state index in [9.17, 15) is 0 Å². The van der Waals surface area contributed by atoms with Gasteiger partial charge in [0.2, 0.25) is 0 Å². The van der Waals surface area contributed by atoms with Gasteiger partial charge in [0, 0.05) is 41.6 Å². The van der Waals surface area contributed by atoms with E-state index in [1.165, 1.54) is 0 Å². The molecule has 6 heteroatoms. The predicted octanol–water partition coefficient (Wildman–Crippen LogP) is 4.07. The summed E-state index contributed by atoms with van der Waals surface area (Å²) in [6.45, 7) is 4.88. The first kappa shape index (κ1) is 15.0. The monoisotopic (exact) mass is 311 g/mol. The van der Waals surface area contributed by atoms with Gasteiger partial charge in [0.05, 0.1) is 5.02 Å². The number of halogens is 2. The molecule has 0 saturated heterocycles. The zero-order valence-electron chi connectivity index (χ0n) is 11.2. The number of nitrogens with zero attached hydrogens (tertiary/aromatic N) is 2. The Morgan fingerprint density at radius 1 is 1.20 bits per heavy atom. The highest BCUT2D eigenvalue weighted by Crippen LogP contribution is 2.30. The lowest BCUT2D eigenvalue weighted by Crippen LogP contribution is -2.21. The maximum Gasteiger partial charge on any atom is 0.321 e. The van der Waals surface area contributed by atoms with Gasteiger partial charge in [-0.15, -0.1) is 0 Å². The van der Waals surface area contributed by atoms with Crippen molar-refractivity contribution in [2.75, 3.05) is 0 Å². The van der Waals surface area contributed by atoms with Crippen LogP contribution in [0.2, 0.25) is 10.0 Å². The Morgan fingerprint density at radius 2 is 1.90 bits per heavy atom. The van der Waals surface area contributed by atoms with Crippen LogP contribution in [0, 0.1) is 0 Å². The van der Waals surface area contributed by atoms with Crippen LogP contribution in [0.5, 0.6) is 11.8 Å². The standard InChI is InChI=1S/C14H15Cl2N3O/c1-9(2)17-6-10-7-18-14(19-8-10)20-13-5-11(15)3-4-12(13)16/h3-5,7-9,17H,6H2,1-2H3. The van der Waals surface area contributed by atoms with E-state index in [0.29, 0.717) is 21.8 Å². The zero-order valence-corrected chi connectivity index (χ0v) is 12.7. The first-order valence-electron chi connectivity index (χ1n) is 6.22. The highest BCUT2D eigenvalue weighted by Gasteiger charge is 2.06. The minimum absolute atomic E-state index is 0.238. The lowest BCUT2D eigenvalue weighted by Gasteiger charge is -2.08. The average Bonchev–Trinajstić information content (AvgIpc) is 2.42. The van der Waals surface area contributed by atoms with Crippen LogP contribution >= 0.6 is 23.2 Å². The molecule has 0 saturated carbocycles. The van der Waals surface area contributed by atoms with Gasteiger partial charge in [-0.1, -0.05) is 37.0 Å². The van der Waals surface area contributed by atoms with Gasteiger partial charge >= 0.3 is 6.01 Å². The van der Waals surface area contributed by atoms with E-state index in [-0.39, 0.29) is 6.01 Å². The van der Waals surface area contributed by atoms with Crippen molar-refractivity contribution in [2.45, 2.75) is 26.4 Å². The predicted molar refractivity (Wildman–Crippen MR) is 80.5 cm³/mol. The third-order valence-corrected chi connectivity index (χ3v) is 3.04. The van der Waals surface area contributed by atoms with Crippen molar-refractivity contribution in [3.63, 3.8) is 0 Å². The third kappa shape index (κ3) is 4.34. The molecule has 0 aliphatic carbocycles. The zero-order chi connectivity index (χ0) is 14.5. The Labute approximate surface area is 128 Å². The van der Waals surface area contributed by atoms with Gasteiger partial charge in [-0.05, 0) is 12.1 Å². The number of nitrogens with one attached hydrogen (secondary N) is 1. The Bertz CT molecular complexity index is 573. The molecule has 0 amide bonds. The molecular formula is C14H15Cl2N3O. The molecule has 0 aliphatic rings. The Balaban J connectivity index is 2.05. The summed E-state index contributed by atoms with van der Waals surface area (Å²) in [5.74, 6) is 0.437. The molecule has 1 aromatic heterocycles. The largest absolute Gasteiger partial charge is 0.423 e. The summed E-state index contributed by atoms with van der Waals surface area (Å²) in [4.78, 5) is 8.30. The summed E-state index contributed by atoms with van der Waals surface area (Å²) in [6, 6.07) is 5.64. The van der Waals surface area contributed by atoms with E-state index < -0.39 is 0 Å². The topological polar surface area (TPSA) is 47.0 Å². The van der Waals surface area contributed by atoms with Crippen LogP contribution in [0.3, 0.4) is 0 Å². The quantitative estimate of drug-likeness (QED) is 0.904. The molecule has 106 valence electrons. The summed E-state index contributed by atoms with van der Waals surface area (Å²) in [5, 5.41) is 4.29. The second-order valence-electron chi connectivity index (χ2n) is 4.59. The van der Waals surface area contributed by atoms with Crippen LogP contribution in [0.4, 0.5) is 0 Å². The number of hydrogen-bond acceptors (Lipinski definition) is 4. The van der Waals surface area contributed by atoms with Crippen LogP contribution < -0.4 is 10.1 Å². The molecule has 1 heterocycles. The number of hydrogen-bond donors (Lipinski definition) is 1. The number of ether oxygens (including phenoxy) is 1. The molecular weight excluding hydrogens is 297 g/mol. The van der Waals surface area contributed by atoms with Crippen LogP contribution in [0.25, 0.3) is 0 Å². The molecule has 2 rings (SSSR count). The molecule has 0 bridgehead atoms. The van der Waals surface area contributed by atoms with Crippen LogP contribution in [-0.2, 0) is 6.54 Å². The summed E-state index contributed by atoms with van der Waals surface area (Å²) in [6.07, 6.45) is 3.44. The van der Waals surface area contributed by atoms with Crippen LogP contribution in [0.15, 0.2) is 30.6 Å². The molecule has 1 N–H and O–H groups in total. The molecule has 0 fully saturated rings. The fourth-order valence-corrected chi connectivity index (χ4v) is 1.78. The molecule has 0 radical (unpaired) electrons. The van der Waals surface area contributed by atoms with Crippen molar-refractivity contribution < 1.29 is 4.74 Å². The van der Waals surface area contributed by atoms with E-state index >= 15 is 0 Å². The number of rotatable bonds is 5. The molecule has 4 nitrogen and oxygen atoms in total. The molecule has 0 spiro atoms. The van der Waals surface area contributed by atoms with Gasteiger partial charge in [-0.25, -0.2) is 9.97 Å². The van der Waals surface area contributed by atoms with Crippen molar-refractivity contribution >= 4 is 23.2 Å². The van der Waals surface area contributed by atoms with E-state index in [1.807, 2.05) is 0 Å². The van der Waals surface area contributed by atoms with Gasteiger partial charge in [-0.2, -0.15) is 0 Å². The molecule has 0 unspecified atom stereocenters. The van der Waals surface area contributed by atoms with Crippen molar-refractivity contribution in [1.82, 2.24) is 15.3 Å².